The number of alkyl halides is 3. The number of amides is 1. The van der Waals surface area contributed by atoms with Crippen LogP contribution in [0.2, 0.25) is 0 Å². The molecule has 1 aliphatic rings. The number of hydrogen-bond donors (Lipinski definition) is 2. The van der Waals surface area contributed by atoms with E-state index in [9.17, 15) is 18.0 Å². The molecule has 0 aliphatic carbocycles. The zero-order valence-corrected chi connectivity index (χ0v) is 13.5. The van der Waals surface area contributed by atoms with Gasteiger partial charge in [0.2, 0.25) is 5.91 Å². The van der Waals surface area contributed by atoms with Crippen LogP contribution in [0.1, 0.15) is 31.2 Å². The van der Waals surface area contributed by atoms with Gasteiger partial charge in [-0.15, -0.1) is 13.2 Å². The summed E-state index contributed by atoms with van der Waals surface area (Å²) in [4.78, 5) is 11.8. The zero-order chi connectivity index (χ0) is 17.4. The molecule has 0 spiro atoms. The maximum atomic E-state index is 12.1. The molecule has 0 radical (unpaired) electrons. The lowest BCUT2D eigenvalue weighted by Gasteiger charge is -2.22. The predicted octanol–water partition coefficient (Wildman–Crippen LogP) is 3.02. The minimum absolute atomic E-state index is 0.0330. The quantitative estimate of drug-likeness (QED) is 0.799. The molecule has 4 nitrogen and oxygen atoms in total. The Hall–Kier alpha value is -1.76. The number of piperidine rings is 1. The first-order valence-electron chi connectivity index (χ1n) is 8.24. The lowest BCUT2D eigenvalue weighted by molar-refractivity contribution is -0.274. The summed E-state index contributed by atoms with van der Waals surface area (Å²) < 4.78 is 40.0. The smallest absolute Gasteiger partial charge is 0.406 e. The highest BCUT2D eigenvalue weighted by molar-refractivity contribution is 5.76. The van der Waals surface area contributed by atoms with Gasteiger partial charge < -0.3 is 15.4 Å². The molecule has 134 valence electrons. The summed E-state index contributed by atoms with van der Waals surface area (Å²) >= 11 is 0. The fraction of sp³-hybridized carbons (Fsp3) is 0.588. The highest BCUT2D eigenvalue weighted by Crippen LogP contribution is 2.23. The molecule has 1 saturated heterocycles. The van der Waals surface area contributed by atoms with Gasteiger partial charge in [0, 0.05) is 13.0 Å². The highest BCUT2D eigenvalue weighted by atomic mass is 19.4. The van der Waals surface area contributed by atoms with Gasteiger partial charge in [0.15, 0.2) is 0 Å². The summed E-state index contributed by atoms with van der Waals surface area (Å²) in [6.07, 6.45) is -0.509. The molecular formula is C17H23F3N2O2. The van der Waals surface area contributed by atoms with Crippen LogP contribution in [-0.2, 0) is 11.2 Å². The molecule has 2 N–H and O–H groups in total. The zero-order valence-electron chi connectivity index (χ0n) is 13.5. The van der Waals surface area contributed by atoms with Gasteiger partial charge in [-0.2, -0.15) is 0 Å². The number of nitrogens with one attached hydrogen (secondary N) is 2. The molecule has 1 atom stereocenters. The van der Waals surface area contributed by atoms with Gasteiger partial charge in [-0.3, -0.25) is 4.79 Å². The summed E-state index contributed by atoms with van der Waals surface area (Å²) in [6, 6.07) is 5.61. The first kappa shape index (κ1) is 18.6. The average Bonchev–Trinajstić information content (AvgIpc) is 2.54. The van der Waals surface area contributed by atoms with Crippen LogP contribution in [0.25, 0.3) is 0 Å². The fourth-order valence-corrected chi connectivity index (χ4v) is 2.79. The third-order valence-corrected chi connectivity index (χ3v) is 4.07. The number of ether oxygens (including phenoxy) is 1. The monoisotopic (exact) mass is 344 g/mol. The first-order chi connectivity index (χ1) is 11.4. The van der Waals surface area contributed by atoms with Crippen LogP contribution in [-0.4, -0.2) is 31.9 Å². The van der Waals surface area contributed by atoms with Crippen molar-refractivity contribution in [2.24, 2.45) is 5.92 Å². The molecule has 2 rings (SSSR count). The third-order valence-electron chi connectivity index (χ3n) is 4.07. The van der Waals surface area contributed by atoms with Gasteiger partial charge in [0.1, 0.15) is 5.75 Å². The van der Waals surface area contributed by atoms with Crippen LogP contribution in [0.15, 0.2) is 24.3 Å². The number of rotatable bonds is 7. The van der Waals surface area contributed by atoms with Gasteiger partial charge in [-0.1, -0.05) is 12.1 Å². The minimum atomic E-state index is -4.69. The van der Waals surface area contributed by atoms with Crippen molar-refractivity contribution in [3.8, 4) is 5.75 Å². The van der Waals surface area contributed by atoms with Crippen LogP contribution >= 0.6 is 0 Å². The Bertz CT molecular complexity index is 512. The first-order valence-corrected chi connectivity index (χ1v) is 8.24. The number of hydrogen-bond acceptors (Lipinski definition) is 3. The molecule has 1 aromatic carbocycles. The lowest BCUT2D eigenvalue weighted by atomic mass is 9.96. The van der Waals surface area contributed by atoms with E-state index in [1.54, 1.807) is 12.1 Å². The van der Waals surface area contributed by atoms with E-state index >= 15 is 0 Å². The summed E-state index contributed by atoms with van der Waals surface area (Å²) in [7, 11) is 0. The Morgan fingerprint density at radius 3 is 2.67 bits per heavy atom. The molecule has 1 fully saturated rings. The summed E-state index contributed by atoms with van der Waals surface area (Å²) in [6.45, 7) is 2.77. The summed E-state index contributed by atoms with van der Waals surface area (Å²) in [5.74, 6) is 0.339. The van der Waals surface area contributed by atoms with Crippen LogP contribution in [0.4, 0.5) is 13.2 Å². The Balaban J connectivity index is 1.64. The Kier molecular flexibility index (Phi) is 6.90. The largest absolute Gasteiger partial charge is 0.573 e. The maximum absolute atomic E-state index is 12.1. The molecule has 1 amide bonds. The number of carbonyl (C=O) groups excluding carboxylic acids is 1. The second-order valence-corrected chi connectivity index (χ2v) is 6.04. The van der Waals surface area contributed by atoms with Gasteiger partial charge in [0.05, 0.1) is 0 Å². The van der Waals surface area contributed by atoms with E-state index in [2.05, 4.69) is 15.4 Å². The van der Waals surface area contributed by atoms with E-state index < -0.39 is 6.36 Å². The van der Waals surface area contributed by atoms with Crippen molar-refractivity contribution in [1.29, 1.82) is 0 Å². The van der Waals surface area contributed by atoms with Crippen LogP contribution < -0.4 is 15.4 Å². The number of halogens is 3. The summed E-state index contributed by atoms with van der Waals surface area (Å²) in [5.41, 5.74) is 0.802. The normalized spacial score (nSPS) is 18.2. The molecule has 0 saturated carbocycles. The number of aryl methyl sites for hydroxylation is 1. The maximum Gasteiger partial charge on any atom is 0.573 e. The lowest BCUT2D eigenvalue weighted by Crippen LogP contribution is -2.33. The molecular weight excluding hydrogens is 321 g/mol. The second kappa shape index (κ2) is 8.92. The molecule has 1 aromatic rings. The molecule has 0 aromatic heterocycles. The molecule has 24 heavy (non-hydrogen) atoms. The number of carbonyl (C=O) groups is 1. The van der Waals surface area contributed by atoms with E-state index in [1.807, 2.05) is 0 Å². The van der Waals surface area contributed by atoms with Gasteiger partial charge >= 0.3 is 6.36 Å². The van der Waals surface area contributed by atoms with Crippen LogP contribution in [0.5, 0.6) is 5.75 Å². The van der Waals surface area contributed by atoms with Crippen molar-refractivity contribution in [3.05, 3.63) is 29.8 Å². The van der Waals surface area contributed by atoms with E-state index in [-0.39, 0.29) is 11.7 Å². The standard InChI is InChI=1S/C17H23F3N2O2/c18-17(19,20)24-15-6-3-13(4-7-15)5-8-16(23)22-11-9-14-2-1-10-21-12-14/h3-4,6-7,14,21H,1-2,5,8-12H2,(H,22,23). The third kappa shape index (κ3) is 7.21. The molecule has 1 unspecified atom stereocenters. The topological polar surface area (TPSA) is 50.4 Å². The molecule has 1 heterocycles. The van der Waals surface area contributed by atoms with Crippen molar-refractivity contribution in [1.82, 2.24) is 10.6 Å². The van der Waals surface area contributed by atoms with E-state index in [4.69, 9.17) is 0 Å². The number of benzene rings is 1. The average molecular weight is 344 g/mol. The van der Waals surface area contributed by atoms with Crippen molar-refractivity contribution >= 4 is 5.91 Å². The second-order valence-electron chi connectivity index (χ2n) is 6.04. The fourth-order valence-electron chi connectivity index (χ4n) is 2.79. The molecule has 1 aliphatic heterocycles. The van der Waals surface area contributed by atoms with Gasteiger partial charge in [-0.25, -0.2) is 0 Å². The Morgan fingerprint density at radius 2 is 2.04 bits per heavy atom. The van der Waals surface area contributed by atoms with Crippen molar-refractivity contribution < 1.29 is 22.7 Å². The van der Waals surface area contributed by atoms with E-state index in [0.29, 0.717) is 25.3 Å². The van der Waals surface area contributed by atoms with E-state index in [0.717, 1.165) is 25.1 Å². The SMILES string of the molecule is O=C(CCc1ccc(OC(F)(F)F)cc1)NCCC1CCCNC1. The van der Waals surface area contributed by atoms with Crippen molar-refractivity contribution in [3.63, 3.8) is 0 Å². The molecule has 0 bridgehead atoms. The van der Waals surface area contributed by atoms with Crippen molar-refractivity contribution in [2.75, 3.05) is 19.6 Å². The van der Waals surface area contributed by atoms with E-state index in [1.165, 1.54) is 25.0 Å². The van der Waals surface area contributed by atoms with Gasteiger partial charge in [0.25, 0.3) is 0 Å². The predicted molar refractivity (Wildman–Crippen MR) is 84.7 cm³/mol. The highest BCUT2D eigenvalue weighted by Gasteiger charge is 2.30. The van der Waals surface area contributed by atoms with Crippen LogP contribution in [0, 0.1) is 5.92 Å². The van der Waals surface area contributed by atoms with Crippen LogP contribution in [0.3, 0.4) is 0 Å². The minimum Gasteiger partial charge on any atom is -0.406 e. The Morgan fingerprint density at radius 1 is 1.29 bits per heavy atom. The van der Waals surface area contributed by atoms with Gasteiger partial charge in [-0.05, 0) is 62.4 Å². The van der Waals surface area contributed by atoms with Crippen molar-refractivity contribution in [2.45, 2.75) is 38.5 Å². The summed E-state index contributed by atoms with van der Waals surface area (Å²) in [5, 5.41) is 6.25. The molecule has 7 heteroatoms. The Labute approximate surface area is 139 Å².